The largest absolute Gasteiger partial charge is 0.379 e. The van der Waals surface area contributed by atoms with Crippen molar-refractivity contribution >= 4 is 32.4 Å². The molecule has 2 aliphatic heterocycles. The SMILES string of the molecule is O=C(Nc1nc2c(s1)CN(Cc1ccccc1)CC2)c1cccc(S(=O)(=O)N2CCOCC2)c1. The first-order valence-electron chi connectivity index (χ1n) is 11.2. The Balaban J connectivity index is 1.26. The van der Waals surface area contributed by atoms with Crippen LogP contribution in [0.1, 0.15) is 26.5 Å². The summed E-state index contributed by atoms with van der Waals surface area (Å²) in [7, 11) is -3.67. The third kappa shape index (κ3) is 5.06. The smallest absolute Gasteiger partial charge is 0.257 e. The van der Waals surface area contributed by atoms with E-state index in [-0.39, 0.29) is 16.4 Å². The summed E-state index contributed by atoms with van der Waals surface area (Å²) in [6.07, 6.45) is 0.835. The second-order valence-electron chi connectivity index (χ2n) is 8.33. The second kappa shape index (κ2) is 9.93. The van der Waals surface area contributed by atoms with Gasteiger partial charge >= 0.3 is 0 Å². The summed E-state index contributed by atoms with van der Waals surface area (Å²) in [5.74, 6) is -0.369. The lowest BCUT2D eigenvalue weighted by Gasteiger charge is -2.26. The number of benzene rings is 2. The molecule has 178 valence electrons. The number of hydrogen-bond donors (Lipinski definition) is 1. The number of amides is 1. The maximum Gasteiger partial charge on any atom is 0.257 e. The number of hydrogen-bond acceptors (Lipinski definition) is 7. The van der Waals surface area contributed by atoms with Crippen LogP contribution in [-0.4, -0.2) is 61.4 Å². The Labute approximate surface area is 203 Å². The van der Waals surface area contributed by atoms with Gasteiger partial charge in [0.25, 0.3) is 5.91 Å². The van der Waals surface area contributed by atoms with Gasteiger partial charge in [-0.2, -0.15) is 4.31 Å². The average Bonchev–Trinajstić information content (AvgIpc) is 3.27. The molecule has 0 saturated carbocycles. The van der Waals surface area contributed by atoms with Crippen LogP contribution in [0, 0.1) is 0 Å². The van der Waals surface area contributed by atoms with Crippen molar-refractivity contribution in [3.8, 4) is 0 Å². The van der Waals surface area contributed by atoms with Crippen molar-refractivity contribution in [1.29, 1.82) is 0 Å². The molecule has 0 aliphatic carbocycles. The van der Waals surface area contributed by atoms with E-state index in [0.29, 0.717) is 31.4 Å². The molecule has 5 rings (SSSR count). The van der Waals surface area contributed by atoms with Gasteiger partial charge in [-0.05, 0) is 23.8 Å². The number of morpholine rings is 1. The van der Waals surface area contributed by atoms with Gasteiger partial charge in [0.1, 0.15) is 0 Å². The zero-order valence-electron chi connectivity index (χ0n) is 18.6. The molecule has 0 bridgehead atoms. The third-order valence-electron chi connectivity index (χ3n) is 5.98. The van der Waals surface area contributed by atoms with Gasteiger partial charge in [-0.15, -0.1) is 11.3 Å². The highest BCUT2D eigenvalue weighted by Gasteiger charge is 2.27. The van der Waals surface area contributed by atoms with E-state index in [0.717, 1.165) is 36.6 Å². The monoisotopic (exact) mass is 498 g/mol. The number of rotatable bonds is 6. The molecule has 1 fully saturated rings. The molecular weight excluding hydrogens is 472 g/mol. The summed E-state index contributed by atoms with van der Waals surface area (Å²) in [5, 5.41) is 3.40. The van der Waals surface area contributed by atoms with Crippen molar-refractivity contribution < 1.29 is 17.9 Å². The van der Waals surface area contributed by atoms with Crippen molar-refractivity contribution in [3.63, 3.8) is 0 Å². The maximum atomic E-state index is 12.9. The number of anilines is 1. The number of nitrogens with one attached hydrogen (secondary N) is 1. The number of aromatic nitrogens is 1. The van der Waals surface area contributed by atoms with Crippen LogP contribution in [0.5, 0.6) is 0 Å². The molecule has 0 spiro atoms. The van der Waals surface area contributed by atoms with Gasteiger partial charge in [0.05, 0.1) is 23.8 Å². The van der Waals surface area contributed by atoms with Gasteiger partial charge in [0.15, 0.2) is 5.13 Å². The van der Waals surface area contributed by atoms with Crippen LogP contribution >= 0.6 is 11.3 Å². The molecule has 8 nitrogen and oxygen atoms in total. The van der Waals surface area contributed by atoms with Crippen molar-refractivity contribution in [2.75, 3.05) is 38.2 Å². The zero-order valence-corrected chi connectivity index (χ0v) is 20.3. The Morgan fingerprint density at radius 1 is 1.06 bits per heavy atom. The Kier molecular flexibility index (Phi) is 6.75. The molecule has 34 heavy (non-hydrogen) atoms. The van der Waals surface area contributed by atoms with Gasteiger partial charge in [-0.3, -0.25) is 15.0 Å². The number of thiazole rings is 1. The number of sulfonamides is 1. The fourth-order valence-electron chi connectivity index (χ4n) is 4.18. The van der Waals surface area contributed by atoms with Crippen molar-refractivity contribution in [2.45, 2.75) is 24.4 Å². The van der Waals surface area contributed by atoms with E-state index in [1.54, 1.807) is 12.1 Å². The van der Waals surface area contributed by atoms with Crippen LogP contribution in [0.3, 0.4) is 0 Å². The number of fused-ring (bicyclic) bond motifs is 1. The minimum Gasteiger partial charge on any atom is -0.379 e. The lowest BCUT2D eigenvalue weighted by molar-refractivity contribution is 0.0730. The molecule has 3 aromatic rings. The Hall–Kier alpha value is -2.63. The van der Waals surface area contributed by atoms with E-state index < -0.39 is 10.0 Å². The topological polar surface area (TPSA) is 91.8 Å². The van der Waals surface area contributed by atoms with Crippen molar-refractivity contribution in [3.05, 3.63) is 76.3 Å². The fourth-order valence-corrected chi connectivity index (χ4v) is 6.68. The first-order chi connectivity index (χ1) is 16.5. The van der Waals surface area contributed by atoms with Gasteiger partial charge in [0, 0.05) is 49.6 Å². The molecule has 0 atom stereocenters. The molecular formula is C24H26N4O4S2. The summed E-state index contributed by atoms with van der Waals surface area (Å²) in [6, 6.07) is 16.5. The highest BCUT2D eigenvalue weighted by atomic mass is 32.2. The molecule has 1 saturated heterocycles. The molecule has 10 heteroatoms. The van der Waals surface area contributed by atoms with Crippen LogP contribution in [0.2, 0.25) is 0 Å². The predicted octanol–water partition coefficient (Wildman–Crippen LogP) is 2.97. The second-order valence-corrected chi connectivity index (χ2v) is 11.4. The quantitative estimate of drug-likeness (QED) is 0.562. The van der Waals surface area contributed by atoms with Gasteiger partial charge in [0.2, 0.25) is 10.0 Å². The van der Waals surface area contributed by atoms with E-state index in [1.165, 1.54) is 33.3 Å². The number of ether oxygens (including phenoxy) is 1. The first-order valence-corrected chi connectivity index (χ1v) is 13.5. The Morgan fingerprint density at radius 3 is 2.65 bits per heavy atom. The maximum absolute atomic E-state index is 12.9. The lowest BCUT2D eigenvalue weighted by atomic mass is 10.1. The highest BCUT2D eigenvalue weighted by Crippen LogP contribution is 2.29. The molecule has 3 heterocycles. The van der Waals surface area contributed by atoms with E-state index in [4.69, 9.17) is 4.74 Å². The lowest BCUT2D eigenvalue weighted by Crippen LogP contribution is -2.40. The molecule has 1 N–H and O–H groups in total. The average molecular weight is 499 g/mol. The minimum absolute atomic E-state index is 0.108. The van der Waals surface area contributed by atoms with Crippen LogP contribution in [0.25, 0.3) is 0 Å². The summed E-state index contributed by atoms with van der Waals surface area (Å²) < 4.78 is 32.5. The zero-order chi connectivity index (χ0) is 23.5. The Bertz CT molecular complexity index is 1270. The number of nitrogens with zero attached hydrogens (tertiary/aromatic N) is 3. The predicted molar refractivity (Wildman–Crippen MR) is 130 cm³/mol. The molecule has 2 aliphatic rings. The Morgan fingerprint density at radius 2 is 1.85 bits per heavy atom. The number of carbonyl (C=O) groups is 1. The van der Waals surface area contributed by atoms with E-state index in [2.05, 4.69) is 27.3 Å². The van der Waals surface area contributed by atoms with Crippen LogP contribution in [0.15, 0.2) is 59.5 Å². The fraction of sp³-hybridized carbons (Fsp3) is 0.333. The molecule has 0 radical (unpaired) electrons. The van der Waals surface area contributed by atoms with E-state index >= 15 is 0 Å². The summed E-state index contributed by atoms with van der Waals surface area (Å²) in [4.78, 5) is 21.2. The van der Waals surface area contributed by atoms with Crippen molar-refractivity contribution in [2.24, 2.45) is 0 Å². The molecule has 1 amide bonds. The summed E-state index contributed by atoms with van der Waals surface area (Å²) >= 11 is 1.48. The van der Waals surface area contributed by atoms with Crippen LogP contribution < -0.4 is 5.32 Å². The standard InChI is InChI=1S/C24H26N4O4S2/c29-23(19-7-4-8-20(15-19)34(30,31)28-11-13-32-14-12-28)26-24-25-21-9-10-27(17-22(21)33-24)16-18-5-2-1-3-6-18/h1-8,15H,9-14,16-17H2,(H,25,26,29). The molecule has 0 unspecified atom stereocenters. The van der Waals surface area contributed by atoms with Crippen molar-refractivity contribution in [1.82, 2.24) is 14.2 Å². The highest BCUT2D eigenvalue weighted by molar-refractivity contribution is 7.89. The minimum atomic E-state index is -3.67. The summed E-state index contributed by atoms with van der Waals surface area (Å²) in [5.41, 5.74) is 2.58. The number of carbonyl (C=O) groups excluding carboxylic acids is 1. The van der Waals surface area contributed by atoms with Crippen LogP contribution in [0.4, 0.5) is 5.13 Å². The summed E-state index contributed by atoms with van der Waals surface area (Å²) in [6.45, 7) is 3.96. The van der Waals surface area contributed by atoms with Crippen LogP contribution in [-0.2, 0) is 34.3 Å². The van der Waals surface area contributed by atoms with Gasteiger partial charge in [-0.1, -0.05) is 36.4 Å². The molecule has 1 aromatic heterocycles. The first kappa shape index (κ1) is 23.1. The molecule has 2 aromatic carbocycles. The van der Waals surface area contributed by atoms with E-state index in [9.17, 15) is 13.2 Å². The van der Waals surface area contributed by atoms with Gasteiger partial charge in [-0.25, -0.2) is 13.4 Å². The van der Waals surface area contributed by atoms with E-state index in [1.807, 2.05) is 18.2 Å². The third-order valence-corrected chi connectivity index (χ3v) is 8.88. The van der Waals surface area contributed by atoms with Gasteiger partial charge < -0.3 is 4.74 Å². The normalized spacial score (nSPS) is 17.3.